The van der Waals surface area contributed by atoms with Gasteiger partial charge in [0.15, 0.2) is 28.0 Å². The molecule has 11 heteroatoms. The van der Waals surface area contributed by atoms with Crippen LogP contribution in [0.15, 0.2) is 46.6 Å². The summed E-state index contributed by atoms with van der Waals surface area (Å²) in [5.41, 5.74) is 3.50. The van der Waals surface area contributed by atoms with E-state index in [1.165, 1.54) is 11.8 Å². The number of aromatic amines is 2. The van der Waals surface area contributed by atoms with Crippen molar-refractivity contribution in [2.45, 2.75) is 49.1 Å². The summed E-state index contributed by atoms with van der Waals surface area (Å²) >= 11 is 1.30. The van der Waals surface area contributed by atoms with E-state index in [0.717, 1.165) is 29.8 Å². The maximum atomic E-state index is 13.6. The number of carbonyl (C=O) groups excluding carboxylic acids is 2. The standard InChI is InChI=1S/C25H22F2N4O4S/c1-2-34-24(33)23-22-11(10-28-23)20(21-14(29-22)4-3-5-17(21)32)18-6-7-19(35-18)36-25-30-15-8-12(26)13(27)9-16(15)31-25/h6,8-10,19-20,28-29H,2-5,7H2,1H3,(H,30,31). The number of ketones is 1. The Balaban J connectivity index is 1.29. The monoisotopic (exact) mass is 512 g/mol. The molecule has 3 N–H and O–H groups in total. The molecule has 0 fully saturated rings. The quantitative estimate of drug-likeness (QED) is 0.399. The van der Waals surface area contributed by atoms with E-state index in [2.05, 4.69) is 20.3 Å². The molecule has 0 spiro atoms. The fourth-order valence-electron chi connectivity index (χ4n) is 4.98. The number of hydrogen-bond acceptors (Lipinski definition) is 7. The van der Waals surface area contributed by atoms with Crippen molar-refractivity contribution in [1.29, 1.82) is 0 Å². The van der Waals surface area contributed by atoms with Crippen molar-refractivity contribution < 1.29 is 27.8 Å². The Morgan fingerprint density at radius 1 is 1.28 bits per heavy atom. The van der Waals surface area contributed by atoms with Gasteiger partial charge in [0.1, 0.15) is 11.5 Å². The van der Waals surface area contributed by atoms with Gasteiger partial charge in [0.25, 0.3) is 0 Å². The third-order valence-corrected chi connectivity index (χ3v) is 7.50. The van der Waals surface area contributed by atoms with Crippen LogP contribution in [0.2, 0.25) is 0 Å². The Morgan fingerprint density at radius 3 is 2.94 bits per heavy atom. The molecule has 36 heavy (non-hydrogen) atoms. The number of imidazole rings is 1. The van der Waals surface area contributed by atoms with Crippen LogP contribution in [-0.2, 0) is 14.3 Å². The number of fused-ring (bicyclic) bond motifs is 2. The van der Waals surface area contributed by atoms with Gasteiger partial charge < -0.3 is 24.8 Å². The number of rotatable bonds is 5. The SMILES string of the molecule is CCOC(=O)c1[nH]cc2c1NC1=C(C(=O)CCC1)C2C1=CCC(Sc2nc3cc(F)c(F)cc3[nH]2)O1. The summed E-state index contributed by atoms with van der Waals surface area (Å²) < 4.78 is 38.6. The van der Waals surface area contributed by atoms with Gasteiger partial charge in [0.2, 0.25) is 0 Å². The number of carbonyl (C=O) groups is 2. The lowest BCUT2D eigenvalue weighted by Gasteiger charge is -2.33. The first kappa shape index (κ1) is 22.8. The van der Waals surface area contributed by atoms with Crippen LogP contribution in [0.25, 0.3) is 11.0 Å². The minimum Gasteiger partial charge on any atom is -0.483 e. The smallest absolute Gasteiger partial charge is 0.356 e. The maximum Gasteiger partial charge on any atom is 0.356 e. The largest absolute Gasteiger partial charge is 0.483 e. The number of hydrogen-bond donors (Lipinski definition) is 3. The fraction of sp³-hybridized carbons (Fsp3) is 0.320. The Bertz CT molecular complexity index is 1440. The molecule has 0 radical (unpaired) electrons. The molecule has 2 aliphatic heterocycles. The minimum absolute atomic E-state index is 0.0558. The number of ether oxygens (including phenoxy) is 2. The Labute approximate surface area is 208 Å². The summed E-state index contributed by atoms with van der Waals surface area (Å²) in [7, 11) is 0. The summed E-state index contributed by atoms with van der Waals surface area (Å²) in [5.74, 6) is -2.14. The van der Waals surface area contributed by atoms with Gasteiger partial charge in [-0.3, -0.25) is 4.79 Å². The molecule has 6 rings (SSSR count). The van der Waals surface area contributed by atoms with Crippen molar-refractivity contribution in [3.63, 3.8) is 0 Å². The van der Waals surface area contributed by atoms with E-state index < -0.39 is 23.5 Å². The second kappa shape index (κ2) is 8.81. The van der Waals surface area contributed by atoms with Crippen molar-refractivity contribution >= 4 is 40.2 Å². The van der Waals surface area contributed by atoms with Crippen molar-refractivity contribution in [2.75, 3.05) is 11.9 Å². The topological polar surface area (TPSA) is 109 Å². The van der Waals surface area contributed by atoms with Crippen LogP contribution in [0.1, 0.15) is 54.6 Å². The number of aromatic nitrogens is 3. The zero-order valence-corrected chi connectivity index (χ0v) is 20.1. The minimum atomic E-state index is -0.955. The number of thioether (sulfide) groups is 1. The third kappa shape index (κ3) is 3.78. The molecule has 0 saturated carbocycles. The van der Waals surface area contributed by atoms with Gasteiger partial charge in [-0.05, 0) is 37.6 Å². The Kier molecular flexibility index (Phi) is 5.59. The molecule has 2 unspecified atom stereocenters. The Hall–Kier alpha value is -3.60. The molecule has 0 amide bonds. The molecule has 8 nitrogen and oxygen atoms in total. The summed E-state index contributed by atoms with van der Waals surface area (Å²) in [6.45, 7) is 1.99. The number of H-pyrrole nitrogens is 2. The zero-order valence-electron chi connectivity index (χ0n) is 19.2. The molecule has 1 aliphatic carbocycles. The zero-order chi connectivity index (χ0) is 25.0. The van der Waals surface area contributed by atoms with Crippen LogP contribution >= 0.6 is 11.8 Å². The van der Waals surface area contributed by atoms with E-state index in [9.17, 15) is 18.4 Å². The highest BCUT2D eigenvalue weighted by molar-refractivity contribution is 7.99. The molecule has 1 aromatic carbocycles. The third-order valence-electron chi connectivity index (χ3n) is 6.53. The predicted molar refractivity (Wildman–Crippen MR) is 128 cm³/mol. The summed E-state index contributed by atoms with van der Waals surface area (Å²) in [4.78, 5) is 35.9. The number of allylic oxidation sites excluding steroid dienone is 2. The van der Waals surface area contributed by atoms with Gasteiger partial charge in [-0.25, -0.2) is 18.6 Å². The summed E-state index contributed by atoms with van der Waals surface area (Å²) in [6.07, 6.45) is 6.10. The highest BCUT2D eigenvalue weighted by Gasteiger charge is 2.41. The van der Waals surface area contributed by atoms with E-state index in [1.54, 1.807) is 13.1 Å². The lowest BCUT2D eigenvalue weighted by Crippen LogP contribution is -2.27. The van der Waals surface area contributed by atoms with Crippen LogP contribution in [0.3, 0.4) is 0 Å². The summed E-state index contributed by atoms with van der Waals surface area (Å²) in [6, 6.07) is 2.13. The highest BCUT2D eigenvalue weighted by Crippen LogP contribution is 2.49. The number of nitrogens with one attached hydrogen (secondary N) is 3. The number of esters is 1. The summed E-state index contributed by atoms with van der Waals surface area (Å²) in [5, 5.41) is 3.78. The molecule has 2 atom stereocenters. The second-order valence-corrected chi connectivity index (χ2v) is 9.92. The van der Waals surface area contributed by atoms with E-state index >= 15 is 0 Å². The van der Waals surface area contributed by atoms with E-state index in [0.29, 0.717) is 58.2 Å². The van der Waals surface area contributed by atoms with Crippen molar-refractivity contribution in [3.8, 4) is 0 Å². The molecular formula is C25H22F2N4O4S. The average molecular weight is 513 g/mol. The lowest BCUT2D eigenvalue weighted by molar-refractivity contribution is -0.116. The fourth-order valence-corrected chi connectivity index (χ4v) is 5.90. The number of Topliss-reactive ketones (excluding diaryl/α,β-unsaturated/α-hetero) is 1. The number of anilines is 1. The van der Waals surface area contributed by atoms with Crippen LogP contribution < -0.4 is 5.32 Å². The first-order chi connectivity index (χ1) is 17.4. The average Bonchev–Trinajstić information content (AvgIpc) is 3.57. The van der Waals surface area contributed by atoms with Crippen LogP contribution in [0, 0.1) is 11.6 Å². The van der Waals surface area contributed by atoms with E-state index in [4.69, 9.17) is 9.47 Å². The normalized spacial score (nSPS) is 21.1. The number of nitrogens with zero attached hydrogens (tertiary/aromatic N) is 1. The Morgan fingerprint density at radius 2 is 2.11 bits per heavy atom. The highest BCUT2D eigenvalue weighted by atomic mass is 32.2. The molecule has 186 valence electrons. The van der Waals surface area contributed by atoms with Crippen LogP contribution in [-0.4, -0.2) is 38.7 Å². The first-order valence-corrected chi connectivity index (χ1v) is 12.6. The van der Waals surface area contributed by atoms with Gasteiger partial charge >= 0.3 is 5.97 Å². The number of benzene rings is 1. The van der Waals surface area contributed by atoms with Crippen LogP contribution in [0.4, 0.5) is 14.5 Å². The van der Waals surface area contributed by atoms with Crippen molar-refractivity contribution in [3.05, 3.63) is 64.3 Å². The number of halogens is 2. The van der Waals surface area contributed by atoms with E-state index in [-0.39, 0.29) is 17.8 Å². The van der Waals surface area contributed by atoms with Crippen LogP contribution in [0.5, 0.6) is 0 Å². The maximum absolute atomic E-state index is 13.6. The second-order valence-electron chi connectivity index (χ2n) is 8.77. The van der Waals surface area contributed by atoms with Gasteiger partial charge in [-0.15, -0.1) is 0 Å². The molecule has 2 aromatic heterocycles. The molecule has 3 aromatic rings. The van der Waals surface area contributed by atoms with Gasteiger partial charge in [-0.1, -0.05) is 0 Å². The predicted octanol–water partition coefficient (Wildman–Crippen LogP) is 5.28. The molecule has 4 heterocycles. The van der Waals surface area contributed by atoms with Gasteiger partial charge in [-0.2, -0.15) is 0 Å². The molecule has 0 bridgehead atoms. The molecule has 3 aliphatic rings. The van der Waals surface area contributed by atoms with Gasteiger partial charge in [0.05, 0.1) is 29.2 Å². The molecule has 0 saturated heterocycles. The van der Waals surface area contributed by atoms with Gasteiger partial charge in [0, 0.05) is 48.0 Å². The first-order valence-electron chi connectivity index (χ1n) is 11.7. The van der Waals surface area contributed by atoms with Crippen molar-refractivity contribution in [1.82, 2.24) is 15.0 Å². The van der Waals surface area contributed by atoms with Crippen molar-refractivity contribution in [2.24, 2.45) is 0 Å². The van der Waals surface area contributed by atoms with E-state index in [1.807, 2.05) is 6.08 Å². The lowest BCUT2D eigenvalue weighted by atomic mass is 9.78. The molecular weight excluding hydrogens is 490 g/mol.